The third-order valence-corrected chi connectivity index (χ3v) is 3.66. The molecule has 1 aromatic carbocycles. The van der Waals surface area contributed by atoms with Gasteiger partial charge in [0.1, 0.15) is 6.54 Å². The van der Waals surface area contributed by atoms with E-state index in [-0.39, 0.29) is 13.0 Å². The van der Waals surface area contributed by atoms with E-state index >= 15 is 0 Å². The van der Waals surface area contributed by atoms with Crippen LogP contribution in [0.15, 0.2) is 42.6 Å². The normalized spacial score (nSPS) is 11.2. The predicted molar refractivity (Wildman–Crippen MR) is 87.2 cm³/mol. The molecule has 1 amide bonds. The molecule has 0 saturated heterocycles. The number of rotatable bonds is 6. The summed E-state index contributed by atoms with van der Waals surface area (Å²) in [6, 6.07) is 7.74. The number of amides is 1. The van der Waals surface area contributed by atoms with Gasteiger partial charge >= 0.3 is 12.1 Å². The fourth-order valence-corrected chi connectivity index (χ4v) is 2.30. The smallest absolute Gasteiger partial charge is 0.416 e. The van der Waals surface area contributed by atoms with E-state index < -0.39 is 30.2 Å². The number of aromatic nitrogens is 1. The van der Waals surface area contributed by atoms with Crippen LogP contribution in [-0.4, -0.2) is 33.4 Å². The fourth-order valence-electron chi connectivity index (χ4n) is 2.30. The number of carboxylic acid groups (broad SMARTS) is 1. The van der Waals surface area contributed by atoms with Gasteiger partial charge < -0.3 is 10.0 Å². The number of aryl methyl sites for hydroxylation is 1. The molecule has 5 nitrogen and oxygen atoms in total. The van der Waals surface area contributed by atoms with Crippen molar-refractivity contribution in [3.8, 4) is 0 Å². The summed E-state index contributed by atoms with van der Waals surface area (Å²) in [4.78, 5) is 28.6. The van der Waals surface area contributed by atoms with Gasteiger partial charge in [0, 0.05) is 18.4 Å². The van der Waals surface area contributed by atoms with Crippen molar-refractivity contribution in [1.82, 2.24) is 9.88 Å². The Morgan fingerprint density at radius 2 is 1.69 bits per heavy atom. The number of nitrogens with zero attached hydrogens (tertiary/aromatic N) is 2. The highest BCUT2D eigenvalue weighted by Crippen LogP contribution is 2.29. The standard InChI is InChI=1S/C18H17F3N2O3/c1-12-2-3-14(9-22-12)8-16(24)23(11-17(25)26)10-13-4-6-15(7-5-13)18(19,20)21/h2-7,9H,8,10-11H2,1H3,(H,25,26). The Morgan fingerprint density at radius 1 is 1.08 bits per heavy atom. The second-order valence-electron chi connectivity index (χ2n) is 5.82. The monoisotopic (exact) mass is 366 g/mol. The van der Waals surface area contributed by atoms with Gasteiger partial charge in [-0.25, -0.2) is 0 Å². The summed E-state index contributed by atoms with van der Waals surface area (Å²) in [6.45, 7) is 1.16. The van der Waals surface area contributed by atoms with Crippen molar-refractivity contribution in [2.24, 2.45) is 0 Å². The van der Waals surface area contributed by atoms with Crippen LogP contribution in [0, 0.1) is 6.92 Å². The minimum absolute atomic E-state index is 0.0405. The van der Waals surface area contributed by atoms with Crippen LogP contribution in [0.3, 0.4) is 0 Å². The largest absolute Gasteiger partial charge is 0.480 e. The number of aliphatic carboxylic acids is 1. The Labute approximate surface area is 148 Å². The van der Waals surface area contributed by atoms with Gasteiger partial charge in [-0.1, -0.05) is 18.2 Å². The van der Waals surface area contributed by atoms with Crippen molar-refractivity contribution < 1.29 is 27.9 Å². The average Bonchev–Trinajstić information content (AvgIpc) is 2.55. The lowest BCUT2D eigenvalue weighted by Gasteiger charge is -2.21. The van der Waals surface area contributed by atoms with E-state index in [2.05, 4.69) is 4.98 Å². The number of alkyl halides is 3. The number of pyridine rings is 1. The molecule has 1 heterocycles. The molecule has 2 aromatic rings. The lowest BCUT2D eigenvalue weighted by atomic mass is 10.1. The maximum absolute atomic E-state index is 12.6. The predicted octanol–water partition coefficient (Wildman–Crippen LogP) is 3.06. The van der Waals surface area contributed by atoms with Crippen LogP contribution in [0.1, 0.15) is 22.4 Å². The maximum Gasteiger partial charge on any atom is 0.416 e. The van der Waals surface area contributed by atoms with Gasteiger partial charge in [0.2, 0.25) is 5.91 Å². The fraction of sp³-hybridized carbons (Fsp3) is 0.278. The molecule has 0 fully saturated rings. The van der Waals surface area contributed by atoms with Gasteiger partial charge in [-0.05, 0) is 36.2 Å². The molecule has 0 bridgehead atoms. The van der Waals surface area contributed by atoms with Crippen molar-refractivity contribution in [2.75, 3.05) is 6.54 Å². The third-order valence-electron chi connectivity index (χ3n) is 3.66. The Bertz CT molecular complexity index is 772. The molecule has 138 valence electrons. The summed E-state index contributed by atoms with van der Waals surface area (Å²) in [5.41, 5.74) is 1.02. The van der Waals surface area contributed by atoms with Crippen LogP contribution in [-0.2, 0) is 28.7 Å². The van der Waals surface area contributed by atoms with E-state index in [1.165, 1.54) is 18.3 Å². The number of hydrogen-bond acceptors (Lipinski definition) is 3. The lowest BCUT2D eigenvalue weighted by molar-refractivity contribution is -0.144. The van der Waals surface area contributed by atoms with Crippen LogP contribution < -0.4 is 0 Å². The molecule has 0 unspecified atom stereocenters. The first kappa shape index (κ1) is 19.4. The molecule has 1 N–H and O–H groups in total. The Kier molecular flexibility index (Phi) is 5.97. The highest BCUT2D eigenvalue weighted by molar-refractivity contribution is 5.83. The molecule has 1 aromatic heterocycles. The zero-order chi connectivity index (χ0) is 19.3. The molecule has 0 radical (unpaired) electrons. The molecule has 8 heteroatoms. The summed E-state index contributed by atoms with van der Waals surface area (Å²) in [6.07, 6.45) is -2.96. The Balaban J connectivity index is 2.12. The van der Waals surface area contributed by atoms with E-state index in [0.717, 1.165) is 22.7 Å². The quantitative estimate of drug-likeness (QED) is 0.853. The first-order valence-corrected chi connectivity index (χ1v) is 7.72. The third kappa shape index (κ3) is 5.58. The zero-order valence-electron chi connectivity index (χ0n) is 14.0. The van der Waals surface area contributed by atoms with Gasteiger partial charge in [0.25, 0.3) is 0 Å². The summed E-state index contributed by atoms with van der Waals surface area (Å²) in [5, 5.41) is 9.01. The highest BCUT2D eigenvalue weighted by atomic mass is 19.4. The summed E-state index contributed by atoms with van der Waals surface area (Å²) >= 11 is 0. The lowest BCUT2D eigenvalue weighted by Crippen LogP contribution is -2.36. The zero-order valence-corrected chi connectivity index (χ0v) is 14.0. The molecule has 26 heavy (non-hydrogen) atoms. The maximum atomic E-state index is 12.6. The average molecular weight is 366 g/mol. The number of carbonyl (C=O) groups is 2. The van der Waals surface area contributed by atoms with Crippen LogP contribution in [0.4, 0.5) is 13.2 Å². The van der Waals surface area contributed by atoms with Crippen molar-refractivity contribution in [2.45, 2.75) is 26.1 Å². The SMILES string of the molecule is Cc1ccc(CC(=O)N(CC(=O)O)Cc2ccc(C(F)(F)F)cc2)cn1. The molecule has 0 spiro atoms. The van der Waals surface area contributed by atoms with Gasteiger partial charge in [-0.15, -0.1) is 0 Å². The van der Waals surface area contributed by atoms with Crippen LogP contribution in [0.25, 0.3) is 0 Å². The van der Waals surface area contributed by atoms with Gasteiger partial charge in [0.15, 0.2) is 0 Å². The van der Waals surface area contributed by atoms with Gasteiger partial charge in [-0.2, -0.15) is 13.2 Å². The molecule has 2 rings (SSSR count). The van der Waals surface area contributed by atoms with Crippen LogP contribution >= 0.6 is 0 Å². The Hall–Kier alpha value is -2.90. The number of carbonyl (C=O) groups excluding carboxylic acids is 1. The van der Waals surface area contributed by atoms with E-state index in [9.17, 15) is 22.8 Å². The van der Waals surface area contributed by atoms with E-state index in [4.69, 9.17) is 5.11 Å². The van der Waals surface area contributed by atoms with Gasteiger partial charge in [0.05, 0.1) is 12.0 Å². The van der Waals surface area contributed by atoms with Crippen molar-refractivity contribution >= 4 is 11.9 Å². The van der Waals surface area contributed by atoms with E-state index in [0.29, 0.717) is 11.1 Å². The minimum atomic E-state index is -4.45. The molecule has 0 saturated carbocycles. The topological polar surface area (TPSA) is 70.5 Å². The molecule has 0 aliphatic carbocycles. The summed E-state index contributed by atoms with van der Waals surface area (Å²) < 4.78 is 37.8. The molecular weight excluding hydrogens is 349 g/mol. The molecule has 0 atom stereocenters. The van der Waals surface area contributed by atoms with E-state index in [1.807, 2.05) is 0 Å². The number of halogens is 3. The first-order chi connectivity index (χ1) is 12.1. The number of carboxylic acids is 1. The number of hydrogen-bond donors (Lipinski definition) is 1. The molecule has 0 aliphatic rings. The van der Waals surface area contributed by atoms with Crippen LogP contribution in [0.5, 0.6) is 0 Å². The van der Waals surface area contributed by atoms with Gasteiger partial charge in [-0.3, -0.25) is 14.6 Å². The summed E-state index contributed by atoms with van der Waals surface area (Å²) in [7, 11) is 0. The van der Waals surface area contributed by atoms with E-state index in [1.54, 1.807) is 19.1 Å². The molecular formula is C18H17F3N2O3. The second-order valence-corrected chi connectivity index (χ2v) is 5.82. The minimum Gasteiger partial charge on any atom is -0.480 e. The van der Waals surface area contributed by atoms with Crippen LogP contribution in [0.2, 0.25) is 0 Å². The highest BCUT2D eigenvalue weighted by Gasteiger charge is 2.30. The summed E-state index contributed by atoms with van der Waals surface area (Å²) in [5.74, 6) is -1.65. The number of benzene rings is 1. The van der Waals surface area contributed by atoms with Crippen molar-refractivity contribution in [1.29, 1.82) is 0 Å². The Morgan fingerprint density at radius 3 is 2.19 bits per heavy atom. The molecule has 0 aliphatic heterocycles. The second kappa shape index (κ2) is 7.99. The van der Waals surface area contributed by atoms with Crippen molar-refractivity contribution in [3.05, 3.63) is 65.0 Å². The first-order valence-electron chi connectivity index (χ1n) is 7.72. The van der Waals surface area contributed by atoms with Crippen molar-refractivity contribution in [3.63, 3.8) is 0 Å².